The van der Waals surface area contributed by atoms with E-state index in [4.69, 9.17) is 4.74 Å². The first-order valence-corrected chi connectivity index (χ1v) is 5.30. The predicted octanol–water partition coefficient (Wildman–Crippen LogP) is 2.24. The summed E-state index contributed by atoms with van der Waals surface area (Å²) < 4.78 is 5.08. The fraction of sp³-hybridized carbons (Fsp3) is 0.417. The summed E-state index contributed by atoms with van der Waals surface area (Å²) in [6.07, 6.45) is 0. The van der Waals surface area contributed by atoms with Crippen LogP contribution in [0.25, 0.3) is 0 Å². The van der Waals surface area contributed by atoms with Crippen molar-refractivity contribution in [1.82, 2.24) is 0 Å². The van der Waals surface area contributed by atoms with Crippen molar-refractivity contribution in [1.29, 1.82) is 0 Å². The van der Waals surface area contributed by atoms with E-state index in [2.05, 4.69) is 0 Å². The van der Waals surface area contributed by atoms with Gasteiger partial charge in [0, 0.05) is 13.1 Å². The van der Waals surface area contributed by atoms with Crippen molar-refractivity contribution in [2.45, 2.75) is 13.8 Å². The van der Waals surface area contributed by atoms with E-state index in [0.717, 1.165) is 13.1 Å². The molecule has 0 heterocycles. The molecule has 4 heteroatoms. The summed E-state index contributed by atoms with van der Waals surface area (Å²) in [5, 5.41) is 9.21. The van der Waals surface area contributed by atoms with Gasteiger partial charge in [-0.15, -0.1) is 0 Å². The Labute approximate surface area is 95.5 Å². The number of rotatable bonds is 5. The molecule has 88 valence electrons. The molecular weight excluding hydrogens is 206 g/mol. The van der Waals surface area contributed by atoms with Gasteiger partial charge in [-0.05, 0) is 26.0 Å². The largest absolute Gasteiger partial charge is 0.496 e. The summed E-state index contributed by atoms with van der Waals surface area (Å²) in [5.41, 5.74) is 0.936. The van der Waals surface area contributed by atoms with Crippen molar-refractivity contribution in [2.75, 3.05) is 25.1 Å². The van der Waals surface area contributed by atoms with Gasteiger partial charge >= 0.3 is 5.97 Å². The molecule has 1 rings (SSSR count). The average Bonchev–Trinajstić information content (AvgIpc) is 2.30. The zero-order valence-corrected chi connectivity index (χ0v) is 9.86. The lowest BCUT2D eigenvalue weighted by Crippen LogP contribution is -2.24. The first-order chi connectivity index (χ1) is 7.65. The number of carbonyl (C=O) groups is 1. The molecule has 1 aromatic rings. The highest BCUT2D eigenvalue weighted by molar-refractivity contribution is 5.97. The van der Waals surface area contributed by atoms with E-state index in [1.807, 2.05) is 18.7 Å². The minimum absolute atomic E-state index is 0.230. The second kappa shape index (κ2) is 5.39. The van der Waals surface area contributed by atoms with Crippen molar-refractivity contribution >= 4 is 11.7 Å². The van der Waals surface area contributed by atoms with E-state index in [1.165, 1.54) is 7.11 Å². The molecule has 0 saturated carbocycles. The Kier molecular flexibility index (Phi) is 4.17. The van der Waals surface area contributed by atoms with Crippen molar-refractivity contribution < 1.29 is 14.6 Å². The number of carboxylic acid groups (broad SMARTS) is 1. The van der Waals surface area contributed by atoms with Crippen LogP contribution in [0.5, 0.6) is 5.75 Å². The van der Waals surface area contributed by atoms with E-state index >= 15 is 0 Å². The lowest BCUT2D eigenvalue weighted by Gasteiger charge is -2.23. The highest BCUT2D eigenvalue weighted by Gasteiger charge is 2.18. The van der Waals surface area contributed by atoms with Gasteiger partial charge in [-0.2, -0.15) is 0 Å². The quantitative estimate of drug-likeness (QED) is 0.831. The third-order valence-corrected chi connectivity index (χ3v) is 2.54. The Balaban J connectivity index is 3.31. The van der Waals surface area contributed by atoms with Gasteiger partial charge < -0.3 is 14.7 Å². The average molecular weight is 223 g/mol. The Morgan fingerprint density at radius 1 is 1.38 bits per heavy atom. The standard InChI is InChI=1S/C12H17NO3/c1-4-13(5-2)9-7-6-8-10(16-3)11(9)12(14)15/h6-8H,4-5H2,1-3H3,(H,14,15). The van der Waals surface area contributed by atoms with Crippen LogP contribution in [-0.2, 0) is 0 Å². The van der Waals surface area contributed by atoms with Gasteiger partial charge in [0.15, 0.2) is 0 Å². The lowest BCUT2D eigenvalue weighted by atomic mass is 10.1. The number of aromatic carboxylic acids is 1. The van der Waals surface area contributed by atoms with Crippen LogP contribution in [0, 0.1) is 0 Å². The lowest BCUT2D eigenvalue weighted by molar-refractivity contribution is 0.0694. The van der Waals surface area contributed by atoms with Crippen LogP contribution < -0.4 is 9.64 Å². The summed E-state index contributed by atoms with van der Waals surface area (Å²) in [7, 11) is 1.48. The molecule has 0 aliphatic carbocycles. The molecule has 0 aliphatic heterocycles. The smallest absolute Gasteiger partial charge is 0.341 e. The molecule has 4 nitrogen and oxygen atoms in total. The first-order valence-electron chi connectivity index (χ1n) is 5.30. The molecule has 1 aromatic carbocycles. The number of nitrogens with zero attached hydrogens (tertiary/aromatic N) is 1. The Bertz CT molecular complexity index is 373. The van der Waals surface area contributed by atoms with E-state index in [0.29, 0.717) is 11.4 Å². The zero-order valence-electron chi connectivity index (χ0n) is 9.86. The van der Waals surface area contributed by atoms with E-state index < -0.39 is 5.97 Å². The minimum Gasteiger partial charge on any atom is -0.496 e. The van der Waals surface area contributed by atoms with Crippen molar-refractivity contribution in [3.8, 4) is 5.75 Å². The van der Waals surface area contributed by atoms with Gasteiger partial charge in [0.1, 0.15) is 11.3 Å². The van der Waals surface area contributed by atoms with Crippen LogP contribution in [0.15, 0.2) is 18.2 Å². The maximum absolute atomic E-state index is 11.2. The van der Waals surface area contributed by atoms with Gasteiger partial charge in [0.05, 0.1) is 12.8 Å². The number of hydrogen-bond acceptors (Lipinski definition) is 3. The number of methoxy groups -OCH3 is 1. The SMILES string of the molecule is CCN(CC)c1cccc(OC)c1C(=O)O. The van der Waals surface area contributed by atoms with Gasteiger partial charge in [-0.3, -0.25) is 0 Å². The molecule has 0 saturated heterocycles. The third kappa shape index (κ3) is 2.27. The number of benzene rings is 1. The summed E-state index contributed by atoms with van der Waals surface area (Å²) >= 11 is 0. The van der Waals surface area contributed by atoms with Crippen molar-refractivity contribution in [3.63, 3.8) is 0 Å². The molecule has 0 amide bonds. The Hall–Kier alpha value is -1.71. The molecule has 0 unspecified atom stereocenters. The number of carboxylic acids is 1. The molecule has 0 atom stereocenters. The predicted molar refractivity (Wildman–Crippen MR) is 63.5 cm³/mol. The summed E-state index contributed by atoms with van der Waals surface area (Å²) in [6, 6.07) is 5.27. The molecule has 0 bridgehead atoms. The third-order valence-electron chi connectivity index (χ3n) is 2.54. The second-order valence-corrected chi connectivity index (χ2v) is 3.33. The molecule has 0 aliphatic rings. The van der Waals surface area contributed by atoms with E-state index in [-0.39, 0.29) is 5.56 Å². The normalized spacial score (nSPS) is 9.94. The topological polar surface area (TPSA) is 49.8 Å². The van der Waals surface area contributed by atoms with Gasteiger partial charge in [0.25, 0.3) is 0 Å². The van der Waals surface area contributed by atoms with Crippen molar-refractivity contribution in [2.24, 2.45) is 0 Å². The van der Waals surface area contributed by atoms with Crippen LogP contribution in [0.4, 0.5) is 5.69 Å². The summed E-state index contributed by atoms with van der Waals surface area (Å²) in [5.74, 6) is -0.559. The monoisotopic (exact) mass is 223 g/mol. The minimum atomic E-state index is -0.959. The number of anilines is 1. The van der Waals surface area contributed by atoms with Crippen LogP contribution in [0.2, 0.25) is 0 Å². The van der Waals surface area contributed by atoms with Crippen LogP contribution in [0.1, 0.15) is 24.2 Å². The Morgan fingerprint density at radius 2 is 2.00 bits per heavy atom. The highest BCUT2D eigenvalue weighted by Crippen LogP contribution is 2.29. The number of ether oxygens (including phenoxy) is 1. The van der Waals surface area contributed by atoms with Crippen LogP contribution >= 0.6 is 0 Å². The molecular formula is C12H17NO3. The molecule has 0 fully saturated rings. The zero-order chi connectivity index (χ0) is 12.1. The summed E-state index contributed by atoms with van der Waals surface area (Å²) in [4.78, 5) is 13.2. The maximum Gasteiger partial charge on any atom is 0.341 e. The highest BCUT2D eigenvalue weighted by atomic mass is 16.5. The van der Waals surface area contributed by atoms with Gasteiger partial charge in [-0.1, -0.05) is 6.07 Å². The summed E-state index contributed by atoms with van der Waals surface area (Å²) in [6.45, 7) is 5.52. The molecule has 0 spiro atoms. The molecule has 0 radical (unpaired) electrons. The van der Waals surface area contributed by atoms with Gasteiger partial charge in [0.2, 0.25) is 0 Å². The fourth-order valence-electron chi connectivity index (χ4n) is 1.73. The maximum atomic E-state index is 11.2. The van der Waals surface area contributed by atoms with Crippen LogP contribution in [-0.4, -0.2) is 31.3 Å². The first kappa shape index (κ1) is 12.4. The van der Waals surface area contributed by atoms with E-state index in [1.54, 1.807) is 18.2 Å². The fourth-order valence-corrected chi connectivity index (χ4v) is 1.73. The van der Waals surface area contributed by atoms with E-state index in [9.17, 15) is 9.90 Å². The number of hydrogen-bond donors (Lipinski definition) is 1. The van der Waals surface area contributed by atoms with Gasteiger partial charge in [-0.25, -0.2) is 4.79 Å². The molecule has 0 aromatic heterocycles. The Morgan fingerprint density at radius 3 is 2.44 bits per heavy atom. The van der Waals surface area contributed by atoms with Crippen LogP contribution in [0.3, 0.4) is 0 Å². The van der Waals surface area contributed by atoms with Crippen molar-refractivity contribution in [3.05, 3.63) is 23.8 Å². The molecule has 16 heavy (non-hydrogen) atoms. The molecule has 1 N–H and O–H groups in total. The second-order valence-electron chi connectivity index (χ2n) is 3.33.